The van der Waals surface area contributed by atoms with Gasteiger partial charge in [0.15, 0.2) is 0 Å². The first kappa shape index (κ1) is 18.7. The van der Waals surface area contributed by atoms with Crippen LogP contribution in [-0.2, 0) is 4.79 Å². The number of aryl methyl sites for hydroxylation is 2. The van der Waals surface area contributed by atoms with Crippen molar-refractivity contribution >= 4 is 22.5 Å². The number of H-pyrrole nitrogens is 1. The van der Waals surface area contributed by atoms with Gasteiger partial charge in [0.05, 0.1) is 5.52 Å². The van der Waals surface area contributed by atoms with E-state index in [1.807, 2.05) is 70.2 Å². The van der Waals surface area contributed by atoms with E-state index in [0.29, 0.717) is 0 Å². The zero-order valence-corrected chi connectivity index (χ0v) is 15.5. The third kappa shape index (κ3) is 5.45. The van der Waals surface area contributed by atoms with Crippen molar-refractivity contribution < 1.29 is 4.79 Å². The second-order valence-corrected chi connectivity index (χ2v) is 6.00. The summed E-state index contributed by atoms with van der Waals surface area (Å²) in [6, 6.07) is 16.0. The van der Waals surface area contributed by atoms with Gasteiger partial charge >= 0.3 is 0 Å². The monoisotopic (exact) mass is 337 g/mol. The van der Waals surface area contributed by atoms with Crippen molar-refractivity contribution in [2.45, 2.75) is 40.5 Å². The molecule has 3 aromatic rings. The highest BCUT2D eigenvalue weighted by molar-refractivity contribution is 5.94. The summed E-state index contributed by atoms with van der Waals surface area (Å²) in [7, 11) is 0. The molecule has 1 fully saturated rings. The number of hydrogen-bond donors (Lipinski definition) is 2. The van der Waals surface area contributed by atoms with Crippen molar-refractivity contribution in [3.05, 3.63) is 59.8 Å². The van der Waals surface area contributed by atoms with Gasteiger partial charge in [-0.2, -0.15) is 5.10 Å². The number of aromatic nitrogens is 2. The van der Waals surface area contributed by atoms with Crippen LogP contribution in [0.15, 0.2) is 48.5 Å². The Labute approximate surface area is 149 Å². The summed E-state index contributed by atoms with van der Waals surface area (Å²) >= 11 is 0. The molecule has 0 atom stereocenters. The van der Waals surface area contributed by atoms with Gasteiger partial charge in [-0.3, -0.25) is 9.89 Å². The number of fused-ring (bicyclic) bond motifs is 1. The second kappa shape index (κ2) is 9.02. The fraction of sp³-hybridized carbons (Fsp3) is 0.333. The van der Waals surface area contributed by atoms with Crippen molar-refractivity contribution in [1.29, 1.82) is 0 Å². The van der Waals surface area contributed by atoms with Gasteiger partial charge in [-0.05, 0) is 44.9 Å². The Balaban J connectivity index is 0.000000168. The number of aromatic amines is 1. The molecule has 132 valence electrons. The lowest BCUT2D eigenvalue weighted by molar-refractivity contribution is -0.117. The van der Waals surface area contributed by atoms with E-state index < -0.39 is 0 Å². The lowest BCUT2D eigenvalue weighted by Gasteiger charge is -2.03. The molecule has 1 saturated carbocycles. The van der Waals surface area contributed by atoms with E-state index in [9.17, 15) is 4.79 Å². The van der Waals surface area contributed by atoms with E-state index in [2.05, 4.69) is 21.6 Å². The van der Waals surface area contributed by atoms with Gasteiger partial charge in [0.25, 0.3) is 0 Å². The molecular weight excluding hydrogens is 310 g/mol. The fourth-order valence-electron chi connectivity index (χ4n) is 2.32. The highest BCUT2D eigenvalue weighted by atomic mass is 16.2. The second-order valence-electron chi connectivity index (χ2n) is 6.00. The number of anilines is 1. The summed E-state index contributed by atoms with van der Waals surface area (Å²) in [6.45, 7) is 8.06. The van der Waals surface area contributed by atoms with Crippen LogP contribution in [0.3, 0.4) is 0 Å². The predicted octanol–water partition coefficient (Wildman–Crippen LogP) is 5.24. The van der Waals surface area contributed by atoms with Crippen molar-refractivity contribution in [3.8, 4) is 0 Å². The molecule has 2 N–H and O–H groups in total. The Hall–Kier alpha value is -2.62. The molecule has 1 aromatic heterocycles. The number of nitrogens with zero attached hydrogens (tertiary/aromatic N) is 1. The first-order chi connectivity index (χ1) is 12.1. The molecule has 1 heterocycles. The molecule has 25 heavy (non-hydrogen) atoms. The summed E-state index contributed by atoms with van der Waals surface area (Å²) < 4.78 is 0. The average Bonchev–Trinajstić information content (AvgIpc) is 3.44. The lowest BCUT2D eigenvalue weighted by atomic mass is 10.2. The van der Waals surface area contributed by atoms with E-state index in [-0.39, 0.29) is 11.8 Å². The maximum Gasteiger partial charge on any atom is 0.227 e. The summed E-state index contributed by atoms with van der Waals surface area (Å²) in [5.74, 6) is 0.449. The van der Waals surface area contributed by atoms with Crippen molar-refractivity contribution in [2.75, 3.05) is 5.32 Å². The van der Waals surface area contributed by atoms with Crippen LogP contribution in [0.25, 0.3) is 10.9 Å². The highest BCUT2D eigenvalue weighted by Gasteiger charge is 2.29. The molecule has 4 rings (SSSR count). The van der Waals surface area contributed by atoms with E-state index in [4.69, 9.17) is 0 Å². The van der Waals surface area contributed by atoms with E-state index in [1.54, 1.807) is 0 Å². The van der Waals surface area contributed by atoms with Crippen LogP contribution in [0.2, 0.25) is 0 Å². The first-order valence-corrected chi connectivity index (χ1v) is 8.91. The number of amides is 1. The third-order valence-electron chi connectivity index (χ3n) is 3.92. The summed E-state index contributed by atoms with van der Waals surface area (Å²) in [5.41, 5.74) is 4.29. The maximum atomic E-state index is 11.3. The SMILES string of the molecule is CC.Cc1[nH]nc2ccccc12.Cc1ccc(NC(=O)C2CC2)cc1. The number of carbonyl (C=O) groups is 1. The van der Waals surface area contributed by atoms with Crippen LogP contribution in [0.1, 0.15) is 37.9 Å². The molecular formula is C21H27N3O. The molecule has 1 amide bonds. The molecule has 0 unspecified atom stereocenters. The molecule has 0 aliphatic heterocycles. The molecule has 4 nitrogen and oxygen atoms in total. The topological polar surface area (TPSA) is 57.8 Å². The molecule has 0 bridgehead atoms. The van der Waals surface area contributed by atoms with Crippen LogP contribution < -0.4 is 5.32 Å². The minimum atomic E-state index is 0.170. The van der Waals surface area contributed by atoms with Crippen LogP contribution in [0, 0.1) is 19.8 Å². The minimum absolute atomic E-state index is 0.170. The number of nitrogens with one attached hydrogen (secondary N) is 2. The Morgan fingerprint density at radius 1 is 1.04 bits per heavy atom. The number of para-hydroxylation sites is 1. The third-order valence-corrected chi connectivity index (χ3v) is 3.92. The van der Waals surface area contributed by atoms with Crippen molar-refractivity contribution in [1.82, 2.24) is 10.2 Å². The predicted molar refractivity (Wildman–Crippen MR) is 105 cm³/mol. The zero-order valence-electron chi connectivity index (χ0n) is 15.5. The fourth-order valence-corrected chi connectivity index (χ4v) is 2.32. The van der Waals surface area contributed by atoms with Crippen molar-refractivity contribution in [2.24, 2.45) is 5.92 Å². The Bertz CT molecular complexity index is 801. The Morgan fingerprint density at radius 2 is 1.68 bits per heavy atom. The summed E-state index contributed by atoms with van der Waals surface area (Å²) in [6.07, 6.45) is 2.11. The number of carbonyl (C=O) groups excluding carboxylic acids is 1. The lowest BCUT2D eigenvalue weighted by Crippen LogP contribution is -2.12. The molecule has 0 spiro atoms. The summed E-state index contributed by atoms with van der Waals surface area (Å²) in [4.78, 5) is 11.3. The smallest absolute Gasteiger partial charge is 0.227 e. The largest absolute Gasteiger partial charge is 0.326 e. The standard InChI is InChI=1S/C11H13NO.C8H8N2.C2H6/c1-8-2-6-10(7-3-8)12-11(13)9-4-5-9;1-6-7-4-2-3-5-8(7)10-9-6;1-2/h2-3,6-7,9H,4-5H2,1H3,(H,12,13);2-5H,1H3,(H,9,10);1-2H3. The van der Waals surface area contributed by atoms with Gasteiger partial charge in [0.2, 0.25) is 5.91 Å². The van der Waals surface area contributed by atoms with Crippen molar-refractivity contribution in [3.63, 3.8) is 0 Å². The van der Waals surface area contributed by atoms with Gasteiger partial charge in [-0.25, -0.2) is 0 Å². The van der Waals surface area contributed by atoms with E-state index >= 15 is 0 Å². The van der Waals surface area contributed by atoms with Crippen LogP contribution >= 0.6 is 0 Å². The van der Waals surface area contributed by atoms with Crippen LogP contribution in [0.5, 0.6) is 0 Å². The molecule has 0 saturated heterocycles. The van der Waals surface area contributed by atoms with Gasteiger partial charge in [-0.15, -0.1) is 0 Å². The molecule has 4 heteroatoms. The van der Waals surface area contributed by atoms with Gasteiger partial charge in [0.1, 0.15) is 0 Å². The molecule has 2 aromatic carbocycles. The maximum absolute atomic E-state index is 11.3. The Morgan fingerprint density at radius 3 is 2.28 bits per heavy atom. The average molecular weight is 337 g/mol. The van der Waals surface area contributed by atoms with Crippen LogP contribution in [-0.4, -0.2) is 16.1 Å². The minimum Gasteiger partial charge on any atom is -0.326 e. The van der Waals surface area contributed by atoms with Crippen LogP contribution in [0.4, 0.5) is 5.69 Å². The number of rotatable bonds is 2. The molecule has 1 aliphatic carbocycles. The van der Waals surface area contributed by atoms with E-state index in [0.717, 1.165) is 29.7 Å². The highest BCUT2D eigenvalue weighted by Crippen LogP contribution is 2.30. The van der Waals surface area contributed by atoms with Gasteiger partial charge in [-0.1, -0.05) is 49.7 Å². The zero-order chi connectivity index (χ0) is 18.2. The normalized spacial score (nSPS) is 12.5. The summed E-state index contributed by atoms with van der Waals surface area (Å²) in [5, 5.41) is 11.1. The number of hydrogen-bond acceptors (Lipinski definition) is 2. The number of benzene rings is 2. The molecule has 1 aliphatic rings. The first-order valence-electron chi connectivity index (χ1n) is 8.91. The van der Waals surface area contributed by atoms with E-state index in [1.165, 1.54) is 10.9 Å². The van der Waals surface area contributed by atoms with Gasteiger partial charge in [0, 0.05) is 22.7 Å². The quantitative estimate of drug-likeness (QED) is 0.672. The Kier molecular flexibility index (Phi) is 6.75. The molecule has 0 radical (unpaired) electrons. The van der Waals surface area contributed by atoms with Gasteiger partial charge < -0.3 is 5.32 Å².